The molecule has 0 N–H and O–H groups in total. The van der Waals surface area contributed by atoms with Crippen LogP contribution < -0.4 is 0 Å². The topological polar surface area (TPSA) is 41.6 Å². The van der Waals surface area contributed by atoms with Gasteiger partial charge in [-0.3, -0.25) is 0 Å². The van der Waals surface area contributed by atoms with E-state index in [0.29, 0.717) is 5.56 Å². The van der Waals surface area contributed by atoms with Gasteiger partial charge in [-0.05, 0) is 31.0 Å². The number of aryl methyl sites for hydroxylation is 1. The zero-order valence-electron chi connectivity index (χ0n) is 12.1. The Balaban J connectivity index is 1.95. The number of hydrogen-bond acceptors (Lipinski definition) is 2. The van der Waals surface area contributed by atoms with Crippen molar-refractivity contribution >= 4 is 11.0 Å². The van der Waals surface area contributed by atoms with E-state index in [9.17, 15) is 0 Å². The molecule has 1 fully saturated rings. The molecule has 3 rings (SSSR count). The van der Waals surface area contributed by atoms with Gasteiger partial charge in [-0.15, -0.1) is 0 Å². The highest BCUT2D eigenvalue weighted by Crippen LogP contribution is 2.28. The highest BCUT2D eigenvalue weighted by molar-refractivity contribution is 5.77. The van der Waals surface area contributed by atoms with Gasteiger partial charge in [0.05, 0.1) is 22.7 Å². The maximum absolute atomic E-state index is 9.01. The third-order valence-corrected chi connectivity index (χ3v) is 4.47. The van der Waals surface area contributed by atoms with Gasteiger partial charge in [0, 0.05) is 13.0 Å². The van der Waals surface area contributed by atoms with E-state index in [1.807, 2.05) is 18.2 Å². The SMILES string of the molecule is CCn1c(CC2CCCCC2)nc2cc(C#N)ccc21. The molecule has 2 aromatic rings. The van der Waals surface area contributed by atoms with Crippen LogP contribution in [0.4, 0.5) is 0 Å². The Morgan fingerprint density at radius 3 is 2.80 bits per heavy atom. The molecular weight excluding hydrogens is 246 g/mol. The van der Waals surface area contributed by atoms with Crippen molar-refractivity contribution in [1.29, 1.82) is 5.26 Å². The summed E-state index contributed by atoms with van der Waals surface area (Å²) in [5, 5.41) is 9.01. The molecule has 3 nitrogen and oxygen atoms in total. The maximum Gasteiger partial charge on any atom is 0.110 e. The molecule has 1 aliphatic carbocycles. The number of nitrogens with zero attached hydrogens (tertiary/aromatic N) is 3. The van der Waals surface area contributed by atoms with E-state index >= 15 is 0 Å². The number of imidazole rings is 1. The molecule has 1 aromatic heterocycles. The normalized spacial score (nSPS) is 16.4. The standard InChI is InChI=1S/C17H21N3/c1-2-20-16-9-8-14(12-18)10-15(16)19-17(20)11-13-6-4-3-5-7-13/h8-10,13H,2-7,11H2,1H3. The molecule has 0 atom stereocenters. The van der Waals surface area contributed by atoms with Crippen molar-refractivity contribution < 1.29 is 0 Å². The first-order chi connectivity index (χ1) is 9.81. The number of nitriles is 1. The smallest absolute Gasteiger partial charge is 0.110 e. The van der Waals surface area contributed by atoms with Crippen LogP contribution in [-0.4, -0.2) is 9.55 Å². The van der Waals surface area contributed by atoms with Gasteiger partial charge in [0.15, 0.2) is 0 Å². The van der Waals surface area contributed by atoms with Crippen molar-refractivity contribution in [2.45, 2.75) is 52.0 Å². The van der Waals surface area contributed by atoms with Crippen LogP contribution >= 0.6 is 0 Å². The molecule has 3 heteroatoms. The Labute approximate surface area is 120 Å². The lowest BCUT2D eigenvalue weighted by Gasteiger charge is -2.21. The fraction of sp³-hybridized carbons (Fsp3) is 0.529. The van der Waals surface area contributed by atoms with Gasteiger partial charge in [-0.2, -0.15) is 5.26 Å². The van der Waals surface area contributed by atoms with Crippen LogP contribution in [0.2, 0.25) is 0 Å². The van der Waals surface area contributed by atoms with Crippen LogP contribution in [0, 0.1) is 17.2 Å². The summed E-state index contributed by atoms with van der Waals surface area (Å²) in [6.07, 6.45) is 7.91. The van der Waals surface area contributed by atoms with Gasteiger partial charge in [-0.1, -0.05) is 32.1 Å². The highest BCUT2D eigenvalue weighted by Gasteiger charge is 2.18. The first kappa shape index (κ1) is 13.2. The Morgan fingerprint density at radius 2 is 2.10 bits per heavy atom. The minimum absolute atomic E-state index is 0.697. The molecule has 1 saturated carbocycles. The summed E-state index contributed by atoms with van der Waals surface area (Å²) in [4.78, 5) is 4.80. The van der Waals surface area contributed by atoms with Gasteiger partial charge in [-0.25, -0.2) is 4.98 Å². The van der Waals surface area contributed by atoms with Crippen LogP contribution in [0.3, 0.4) is 0 Å². The molecule has 0 radical (unpaired) electrons. The predicted octanol–water partition coefficient (Wildman–Crippen LogP) is 4.05. The summed E-state index contributed by atoms with van der Waals surface area (Å²) in [7, 11) is 0. The monoisotopic (exact) mass is 267 g/mol. The van der Waals surface area contributed by atoms with Crippen molar-refractivity contribution in [3.63, 3.8) is 0 Å². The minimum atomic E-state index is 0.697. The number of hydrogen-bond donors (Lipinski definition) is 0. The number of benzene rings is 1. The van der Waals surface area contributed by atoms with Crippen LogP contribution in [-0.2, 0) is 13.0 Å². The zero-order chi connectivity index (χ0) is 13.9. The van der Waals surface area contributed by atoms with Gasteiger partial charge in [0.25, 0.3) is 0 Å². The third-order valence-electron chi connectivity index (χ3n) is 4.47. The first-order valence-electron chi connectivity index (χ1n) is 7.71. The van der Waals surface area contributed by atoms with Crippen molar-refractivity contribution in [2.24, 2.45) is 5.92 Å². The minimum Gasteiger partial charge on any atom is -0.328 e. The molecule has 0 aliphatic heterocycles. The Morgan fingerprint density at radius 1 is 1.30 bits per heavy atom. The number of aromatic nitrogens is 2. The van der Waals surface area contributed by atoms with E-state index in [1.54, 1.807) is 0 Å². The molecule has 0 saturated heterocycles. The van der Waals surface area contributed by atoms with E-state index in [1.165, 1.54) is 37.9 Å². The summed E-state index contributed by atoms with van der Waals surface area (Å²) < 4.78 is 2.31. The van der Waals surface area contributed by atoms with Crippen molar-refractivity contribution in [1.82, 2.24) is 9.55 Å². The van der Waals surface area contributed by atoms with Crippen molar-refractivity contribution in [2.75, 3.05) is 0 Å². The molecule has 0 unspecified atom stereocenters. The summed E-state index contributed by atoms with van der Waals surface area (Å²) in [5.41, 5.74) is 2.83. The molecular formula is C17H21N3. The fourth-order valence-electron chi connectivity index (χ4n) is 3.41. The van der Waals surface area contributed by atoms with Crippen LogP contribution in [0.25, 0.3) is 11.0 Å². The molecule has 0 spiro atoms. The Bertz CT molecular complexity index is 642. The second-order valence-corrected chi connectivity index (χ2v) is 5.80. The molecule has 0 amide bonds. The zero-order valence-corrected chi connectivity index (χ0v) is 12.1. The van der Waals surface area contributed by atoms with E-state index in [2.05, 4.69) is 17.6 Å². The largest absolute Gasteiger partial charge is 0.328 e. The van der Waals surface area contributed by atoms with Gasteiger partial charge in [0.1, 0.15) is 5.82 Å². The second kappa shape index (κ2) is 5.66. The van der Waals surface area contributed by atoms with Crippen LogP contribution in [0.15, 0.2) is 18.2 Å². The first-order valence-corrected chi connectivity index (χ1v) is 7.71. The molecule has 0 bridgehead atoms. The summed E-state index contributed by atoms with van der Waals surface area (Å²) >= 11 is 0. The average molecular weight is 267 g/mol. The summed E-state index contributed by atoms with van der Waals surface area (Å²) in [5.74, 6) is 1.99. The van der Waals surface area contributed by atoms with Gasteiger partial charge < -0.3 is 4.57 Å². The van der Waals surface area contributed by atoms with E-state index in [-0.39, 0.29) is 0 Å². The average Bonchev–Trinajstić information content (AvgIpc) is 2.84. The maximum atomic E-state index is 9.01. The van der Waals surface area contributed by atoms with Crippen molar-refractivity contribution in [3.05, 3.63) is 29.6 Å². The number of fused-ring (bicyclic) bond motifs is 1. The van der Waals surface area contributed by atoms with Gasteiger partial charge >= 0.3 is 0 Å². The van der Waals surface area contributed by atoms with E-state index in [4.69, 9.17) is 10.2 Å². The summed E-state index contributed by atoms with van der Waals surface area (Å²) in [6.45, 7) is 3.12. The molecule has 1 heterocycles. The van der Waals surface area contributed by atoms with Crippen molar-refractivity contribution in [3.8, 4) is 6.07 Å². The van der Waals surface area contributed by atoms with Gasteiger partial charge in [0.2, 0.25) is 0 Å². The lowest BCUT2D eigenvalue weighted by Crippen LogP contribution is -2.13. The Hall–Kier alpha value is -1.82. The van der Waals surface area contributed by atoms with Crippen LogP contribution in [0.5, 0.6) is 0 Å². The molecule has 1 aromatic carbocycles. The number of rotatable bonds is 3. The quantitative estimate of drug-likeness (QED) is 0.841. The summed E-state index contributed by atoms with van der Waals surface area (Å²) in [6, 6.07) is 8.03. The van der Waals surface area contributed by atoms with E-state index < -0.39 is 0 Å². The van der Waals surface area contributed by atoms with Crippen LogP contribution in [0.1, 0.15) is 50.4 Å². The molecule has 20 heavy (non-hydrogen) atoms. The molecule has 104 valence electrons. The molecule has 1 aliphatic rings. The second-order valence-electron chi connectivity index (χ2n) is 5.80. The predicted molar refractivity (Wildman–Crippen MR) is 80.4 cm³/mol. The highest BCUT2D eigenvalue weighted by atomic mass is 15.1. The fourth-order valence-corrected chi connectivity index (χ4v) is 3.41. The van der Waals surface area contributed by atoms with E-state index in [0.717, 1.165) is 29.9 Å². The lowest BCUT2D eigenvalue weighted by atomic mass is 9.87. The lowest BCUT2D eigenvalue weighted by molar-refractivity contribution is 0.348. The third kappa shape index (κ3) is 2.43. The Kier molecular flexibility index (Phi) is 3.73.